The van der Waals surface area contributed by atoms with Gasteiger partial charge in [0.1, 0.15) is 11.5 Å². The Labute approximate surface area is 112 Å². The minimum Gasteiger partial charge on any atom is -0.506 e. The van der Waals surface area contributed by atoms with Gasteiger partial charge in [-0.2, -0.15) is 0 Å². The highest BCUT2D eigenvalue weighted by Gasteiger charge is 2.35. The van der Waals surface area contributed by atoms with E-state index in [0.29, 0.717) is 24.3 Å². The number of aromatic hydroxyl groups is 1. The van der Waals surface area contributed by atoms with Crippen LogP contribution in [0.3, 0.4) is 0 Å². The highest BCUT2D eigenvalue weighted by atomic mass is 16.5. The fraction of sp³-hybridized carbons (Fsp3) is 0.500. The number of amides is 1. The Balaban J connectivity index is 2.14. The lowest BCUT2D eigenvalue weighted by Gasteiger charge is -2.31. The molecule has 0 unspecified atom stereocenters. The van der Waals surface area contributed by atoms with Crippen LogP contribution in [-0.2, 0) is 4.79 Å². The summed E-state index contributed by atoms with van der Waals surface area (Å²) in [7, 11) is 1.53. The Bertz CT molecular complexity index is 468. The third-order valence-corrected chi connectivity index (χ3v) is 3.65. The fourth-order valence-corrected chi connectivity index (χ4v) is 2.40. The molecular formula is C14H20N2O3. The van der Waals surface area contributed by atoms with Crippen LogP contribution in [0.4, 0.5) is 5.69 Å². The summed E-state index contributed by atoms with van der Waals surface area (Å²) in [6, 6.07) is 4.70. The van der Waals surface area contributed by atoms with Gasteiger partial charge < -0.3 is 20.9 Å². The minimum absolute atomic E-state index is 0.00793. The maximum Gasteiger partial charge on any atom is 0.244 e. The third-order valence-electron chi connectivity index (χ3n) is 3.65. The van der Waals surface area contributed by atoms with Crippen molar-refractivity contribution in [1.82, 2.24) is 0 Å². The lowest BCUT2D eigenvalue weighted by atomic mass is 9.82. The molecule has 1 aromatic rings. The summed E-state index contributed by atoms with van der Waals surface area (Å²) in [4.78, 5) is 12.3. The second-order valence-electron chi connectivity index (χ2n) is 5.05. The standard InChI is InChI=1S/C14H20N2O3/c1-19-10-5-6-12(17)11(9-10)16-13(18)14(15)7-3-2-4-8-14/h5-6,9,17H,2-4,7-8,15H2,1H3,(H,16,18). The van der Waals surface area contributed by atoms with Gasteiger partial charge in [-0.1, -0.05) is 19.3 Å². The van der Waals surface area contributed by atoms with E-state index in [1.54, 1.807) is 12.1 Å². The Morgan fingerprint density at radius 2 is 2.05 bits per heavy atom. The molecule has 1 aliphatic carbocycles. The van der Waals surface area contributed by atoms with Gasteiger partial charge in [-0.25, -0.2) is 0 Å². The zero-order chi connectivity index (χ0) is 13.9. The first-order chi connectivity index (χ1) is 9.05. The van der Waals surface area contributed by atoms with Crippen LogP contribution < -0.4 is 15.8 Å². The van der Waals surface area contributed by atoms with Gasteiger partial charge in [-0.15, -0.1) is 0 Å². The molecule has 0 bridgehead atoms. The summed E-state index contributed by atoms with van der Waals surface area (Å²) in [5.41, 5.74) is 5.65. The number of rotatable bonds is 3. The summed E-state index contributed by atoms with van der Waals surface area (Å²) in [5.74, 6) is 0.340. The fourth-order valence-electron chi connectivity index (χ4n) is 2.40. The Morgan fingerprint density at radius 1 is 1.37 bits per heavy atom. The molecule has 1 saturated carbocycles. The predicted molar refractivity (Wildman–Crippen MR) is 73.3 cm³/mol. The zero-order valence-corrected chi connectivity index (χ0v) is 11.1. The van der Waals surface area contributed by atoms with Gasteiger partial charge in [-0.3, -0.25) is 4.79 Å². The second-order valence-corrected chi connectivity index (χ2v) is 5.05. The monoisotopic (exact) mass is 264 g/mol. The molecule has 0 saturated heterocycles. The molecule has 104 valence electrons. The largest absolute Gasteiger partial charge is 0.506 e. The molecule has 0 heterocycles. The molecule has 0 radical (unpaired) electrons. The third kappa shape index (κ3) is 2.98. The van der Waals surface area contributed by atoms with E-state index in [-0.39, 0.29) is 11.7 Å². The van der Waals surface area contributed by atoms with Gasteiger partial charge in [0.25, 0.3) is 0 Å². The van der Waals surface area contributed by atoms with Crippen molar-refractivity contribution in [1.29, 1.82) is 0 Å². The number of anilines is 1. The molecule has 0 atom stereocenters. The topological polar surface area (TPSA) is 84.6 Å². The van der Waals surface area contributed by atoms with Crippen LogP contribution in [0, 0.1) is 0 Å². The van der Waals surface area contributed by atoms with E-state index in [1.165, 1.54) is 13.2 Å². The van der Waals surface area contributed by atoms with Gasteiger partial charge >= 0.3 is 0 Å². The summed E-state index contributed by atoms with van der Waals surface area (Å²) in [5, 5.41) is 12.5. The molecule has 1 fully saturated rings. The van der Waals surface area contributed by atoms with Crippen molar-refractivity contribution in [3.05, 3.63) is 18.2 Å². The first-order valence-electron chi connectivity index (χ1n) is 6.52. The molecule has 1 aromatic carbocycles. The first kappa shape index (κ1) is 13.7. The number of carbonyl (C=O) groups excluding carboxylic acids is 1. The smallest absolute Gasteiger partial charge is 0.244 e. The van der Waals surface area contributed by atoms with Crippen molar-refractivity contribution in [2.24, 2.45) is 5.73 Å². The zero-order valence-electron chi connectivity index (χ0n) is 11.1. The number of nitrogens with two attached hydrogens (primary N) is 1. The highest BCUT2D eigenvalue weighted by molar-refractivity contribution is 5.99. The van der Waals surface area contributed by atoms with Crippen molar-refractivity contribution in [2.75, 3.05) is 12.4 Å². The van der Waals surface area contributed by atoms with Crippen LogP contribution in [-0.4, -0.2) is 23.7 Å². The number of nitrogens with one attached hydrogen (secondary N) is 1. The number of ether oxygens (including phenoxy) is 1. The average molecular weight is 264 g/mol. The Morgan fingerprint density at radius 3 is 2.68 bits per heavy atom. The van der Waals surface area contributed by atoms with Crippen LogP contribution in [0.1, 0.15) is 32.1 Å². The van der Waals surface area contributed by atoms with E-state index in [0.717, 1.165) is 19.3 Å². The summed E-state index contributed by atoms with van der Waals surface area (Å²) < 4.78 is 5.07. The van der Waals surface area contributed by atoms with Crippen molar-refractivity contribution < 1.29 is 14.6 Å². The number of hydrogen-bond acceptors (Lipinski definition) is 4. The average Bonchev–Trinajstić information content (AvgIpc) is 2.42. The highest BCUT2D eigenvalue weighted by Crippen LogP contribution is 2.31. The van der Waals surface area contributed by atoms with Crippen molar-refractivity contribution in [2.45, 2.75) is 37.6 Å². The molecule has 2 rings (SSSR count). The molecule has 5 nitrogen and oxygen atoms in total. The van der Waals surface area contributed by atoms with E-state index in [1.807, 2.05) is 0 Å². The Hall–Kier alpha value is -1.75. The quantitative estimate of drug-likeness (QED) is 0.729. The number of phenols is 1. The van der Waals surface area contributed by atoms with Crippen molar-refractivity contribution in [3.8, 4) is 11.5 Å². The number of carbonyl (C=O) groups is 1. The van der Waals surface area contributed by atoms with Crippen LogP contribution in [0.2, 0.25) is 0 Å². The molecule has 0 spiro atoms. The van der Waals surface area contributed by atoms with E-state index >= 15 is 0 Å². The molecule has 1 aliphatic rings. The molecule has 0 aromatic heterocycles. The van der Waals surface area contributed by atoms with E-state index < -0.39 is 5.54 Å². The number of benzene rings is 1. The predicted octanol–water partition coefficient (Wildman–Crippen LogP) is 2.00. The number of methoxy groups -OCH3 is 1. The second kappa shape index (κ2) is 5.48. The van der Waals surface area contributed by atoms with Gasteiger partial charge in [-0.05, 0) is 25.0 Å². The van der Waals surface area contributed by atoms with E-state index in [9.17, 15) is 9.90 Å². The van der Waals surface area contributed by atoms with Crippen molar-refractivity contribution >= 4 is 11.6 Å². The molecule has 19 heavy (non-hydrogen) atoms. The van der Waals surface area contributed by atoms with Gasteiger partial charge in [0.15, 0.2) is 0 Å². The maximum absolute atomic E-state index is 12.3. The lowest BCUT2D eigenvalue weighted by Crippen LogP contribution is -2.52. The first-order valence-corrected chi connectivity index (χ1v) is 6.52. The van der Waals surface area contributed by atoms with Crippen LogP contribution in [0.5, 0.6) is 11.5 Å². The van der Waals surface area contributed by atoms with Crippen LogP contribution >= 0.6 is 0 Å². The Kier molecular flexibility index (Phi) is 3.95. The van der Waals surface area contributed by atoms with Gasteiger partial charge in [0.05, 0.1) is 18.3 Å². The molecule has 1 amide bonds. The van der Waals surface area contributed by atoms with E-state index in [4.69, 9.17) is 10.5 Å². The van der Waals surface area contributed by atoms with Gasteiger partial charge in [0.2, 0.25) is 5.91 Å². The van der Waals surface area contributed by atoms with Crippen LogP contribution in [0.25, 0.3) is 0 Å². The molecule has 4 N–H and O–H groups in total. The molecule has 0 aliphatic heterocycles. The van der Waals surface area contributed by atoms with Gasteiger partial charge in [0, 0.05) is 6.07 Å². The minimum atomic E-state index is -0.826. The lowest BCUT2D eigenvalue weighted by molar-refractivity contribution is -0.122. The SMILES string of the molecule is COc1ccc(O)c(NC(=O)C2(N)CCCCC2)c1. The number of hydrogen-bond donors (Lipinski definition) is 3. The summed E-state index contributed by atoms with van der Waals surface area (Å²) in [6.45, 7) is 0. The summed E-state index contributed by atoms with van der Waals surface area (Å²) in [6.07, 6.45) is 4.42. The maximum atomic E-state index is 12.3. The molecular weight excluding hydrogens is 244 g/mol. The van der Waals surface area contributed by atoms with E-state index in [2.05, 4.69) is 5.32 Å². The molecule has 5 heteroatoms. The number of phenolic OH excluding ortho intramolecular Hbond substituents is 1. The van der Waals surface area contributed by atoms with Crippen molar-refractivity contribution in [3.63, 3.8) is 0 Å². The normalized spacial score (nSPS) is 17.8. The van der Waals surface area contributed by atoms with Crippen LogP contribution in [0.15, 0.2) is 18.2 Å². The summed E-state index contributed by atoms with van der Waals surface area (Å²) >= 11 is 0.